The van der Waals surface area contributed by atoms with E-state index in [1.807, 2.05) is 6.92 Å². The molecule has 0 aliphatic carbocycles. The fourth-order valence-electron chi connectivity index (χ4n) is 1.93. The molecule has 0 fully saturated rings. The molecule has 0 radical (unpaired) electrons. The number of phenols is 1. The molecule has 0 bridgehead atoms. The molecule has 26 heavy (non-hydrogen) atoms. The molecule has 2 aromatic rings. The van der Waals surface area contributed by atoms with Crippen molar-refractivity contribution in [2.24, 2.45) is 5.10 Å². The van der Waals surface area contributed by atoms with Crippen molar-refractivity contribution in [1.82, 2.24) is 5.43 Å². The number of carbonyl (C=O) groups excluding carboxylic acids is 1. The number of ether oxygens (including phenoxy) is 2. The smallest absolute Gasteiger partial charge is 0.277 e. The first-order chi connectivity index (χ1) is 12.5. The number of hydrazone groups is 1. The summed E-state index contributed by atoms with van der Waals surface area (Å²) in [5, 5.41) is 24.2. The second-order valence-corrected chi connectivity index (χ2v) is 4.99. The maximum absolute atomic E-state index is 11.7. The first kappa shape index (κ1) is 18.7. The van der Waals surface area contributed by atoms with E-state index >= 15 is 0 Å². The Kier molecular flexibility index (Phi) is 6.49. The number of hydrogen-bond acceptors (Lipinski definition) is 7. The second-order valence-electron chi connectivity index (χ2n) is 4.99. The zero-order valence-electron chi connectivity index (χ0n) is 13.9. The third kappa shape index (κ3) is 5.48. The van der Waals surface area contributed by atoms with Gasteiger partial charge in [-0.3, -0.25) is 14.9 Å². The molecular formula is C17H17N3O6. The fraction of sp³-hybridized carbons (Fsp3) is 0.176. The van der Waals surface area contributed by atoms with Gasteiger partial charge in [-0.1, -0.05) is 6.07 Å². The van der Waals surface area contributed by atoms with Crippen molar-refractivity contribution in [2.45, 2.75) is 6.92 Å². The van der Waals surface area contributed by atoms with Crippen LogP contribution in [-0.2, 0) is 4.79 Å². The van der Waals surface area contributed by atoms with E-state index in [0.717, 1.165) is 0 Å². The molecule has 2 aromatic carbocycles. The fourth-order valence-corrected chi connectivity index (χ4v) is 1.93. The van der Waals surface area contributed by atoms with E-state index in [0.29, 0.717) is 17.9 Å². The Morgan fingerprint density at radius 3 is 2.77 bits per heavy atom. The van der Waals surface area contributed by atoms with Crippen LogP contribution in [0, 0.1) is 10.1 Å². The SMILES string of the molecule is CCOc1ccc(O)c(/C=N\NC(=O)COc2cccc([N+](=O)[O-])c2)c1. The van der Waals surface area contributed by atoms with Gasteiger partial charge in [-0.25, -0.2) is 5.43 Å². The van der Waals surface area contributed by atoms with Crippen LogP contribution in [0.3, 0.4) is 0 Å². The average molecular weight is 359 g/mol. The van der Waals surface area contributed by atoms with Crippen molar-refractivity contribution in [3.05, 3.63) is 58.1 Å². The van der Waals surface area contributed by atoms with Crippen LogP contribution in [0.1, 0.15) is 12.5 Å². The molecule has 9 nitrogen and oxygen atoms in total. The van der Waals surface area contributed by atoms with Crippen LogP contribution in [0.2, 0.25) is 0 Å². The molecule has 0 unspecified atom stereocenters. The minimum Gasteiger partial charge on any atom is -0.507 e. The molecule has 0 heterocycles. The molecule has 1 amide bonds. The highest BCUT2D eigenvalue weighted by atomic mass is 16.6. The van der Waals surface area contributed by atoms with Gasteiger partial charge in [-0.15, -0.1) is 0 Å². The van der Waals surface area contributed by atoms with E-state index in [9.17, 15) is 20.0 Å². The molecule has 9 heteroatoms. The molecule has 0 spiro atoms. The van der Waals surface area contributed by atoms with Crippen LogP contribution in [0.4, 0.5) is 5.69 Å². The summed E-state index contributed by atoms with van der Waals surface area (Å²) in [6.45, 7) is 1.94. The largest absolute Gasteiger partial charge is 0.507 e. The topological polar surface area (TPSA) is 123 Å². The van der Waals surface area contributed by atoms with Gasteiger partial charge in [0, 0.05) is 11.6 Å². The number of amides is 1. The molecule has 0 aromatic heterocycles. The Morgan fingerprint density at radius 1 is 1.27 bits per heavy atom. The standard InChI is InChI=1S/C17H17N3O6/c1-2-25-15-6-7-16(21)12(8-15)10-18-19-17(22)11-26-14-5-3-4-13(9-14)20(23)24/h3-10,21H,2,11H2,1H3,(H,19,22)/b18-10-. The molecule has 136 valence electrons. The number of phenolic OH excluding ortho intramolecular Hbond substituents is 1. The predicted molar refractivity (Wildman–Crippen MR) is 93.6 cm³/mol. The van der Waals surface area contributed by atoms with E-state index in [1.165, 1.54) is 36.5 Å². The number of aromatic hydroxyl groups is 1. The van der Waals surface area contributed by atoms with Crippen molar-refractivity contribution in [2.75, 3.05) is 13.2 Å². The van der Waals surface area contributed by atoms with Crippen LogP contribution in [0.25, 0.3) is 0 Å². The molecule has 2 rings (SSSR count). The van der Waals surface area contributed by atoms with Gasteiger partial charge in [0.1, 0.15) is 17.2 Å². The summed E-state index contributed by atoms with van der Waals surface area (Å²) in [5.74, 6) is 0.181. The van der Waals surface area contributed by atoms with Gasteiger partial charge < -0.3 is 14.6 Å². The minimum absolute atomic E-state index is 0.0145. The molecule has 0 aliphatic rings. The van der Waals surface area contributed by atoms with E-state index in [1.54, 1.807) is 12.1 Å². The Labute approximate surface area is 149 Å². The highest BCUT2D eigenvalue weighted by Gasteiger charge is 2.08. The van der Waals surface area contributed by atoms with Crippen molar-refractivity contribution >= 4 is 17.8 Å². The number of rotatable bonds is 8. The van der Waals surface area contributed by atoms with Gasteiger partial charge in [-0.05, 0) is 31.2 Å². The summed E-state index contributed by atoms with van der Waals surface area (Å²) in [5.41, 5.74) is 2.47. The van der Waals surface area contributed by atoms with Gasteiger partial charge in [0.05, 0.1) is 23.8 Å². The Hall–Kier alpha value is -3.62. The van der Waals surface area contributed by atoms with Gasteiger partial charge in [-0.2, -0.15) is 5.10 Å². The van der Waals surface area contributed by atoms with Crippen molar-refractivity contribution < 1.29 is 24.3 Å². The lowest BCUT2D eigenvalue weighted by Gasteiger charge is -2.06. The number of benzene rings is 2. The molecule has 0 aliphatic heterocycles. The molecule has 0 saturated heterocycles. The number of nitrogens with zero attached hydrogens (tertiary/aromatic N) is 2. The third-order valence-corrected chi connectivity index (χ3v) is 3.10. The number of hydrogen-bond donors (Lipinski definition) is 2. The lowest BCUT2D eigenvalue weighted by molar-refractivity contribution is -0.384. The van der Waals surface area contributed by atoms with Crippen LogP contribution in [-0.4, -0.2) is 35.4 Å². The highest BCUT2D eigenvalue weighted by Crippen LogP contribution is 2.21. The number of nitro groups is 1. The minimum atomic E-state index is -0.562. The van der Waals surface area contributed by atoms with Gasteiger partial charge in [0.25, 0.3) is 11.6 Å². The summed E-state index contributed by atoms with van der Waals surface area (Å²) in [6, 6.07) is 10.1. The summed E-state index contributed by atoms with van der Waals surface area (Å²) >= 11 is 0. The van der Waals surface area contributed by atoms with E-state index < -0.39 is 10.8 Å². The number of nitro benzene ring substituents is 1. The summed E-state index contributed by atoms with van der Waals surface area (Å²) in [4.78, 5) is 21.8. The average Bonchev–Trinajstić information content (AvgIpc) is 2.63. The van der Waals surface area contributed by atoms with Crippen LogP contribution in [0.5, 0.6) is 17.2 Å². The van der Waals surface area contributed by atoms with Crippen LogP contribution < -0.4 is 14.9 Å². The van der Waals surface area contributed by atoms with Gasteiger partial charge in [0.15, 0.2) is 6.61 Å². The summed E-state index contributed by atoms with van der Waals surface area (Å²) in [6.07, 6.45) is 1.27. The highest BCUT2D eigenvalue weighted by molar-refractivity contribution is 5.85. The zero-order chi connectivity index (χ0) is 18.9. The molecule has 0 atom stereocenters. The first-order valence-corrected chi connectivity index (χ1v) is 7.64. The predicted octanol–water partition coefficient (Wildman–Crippen LogP) is 2.23. The van der Waals surface area contributed by atoms with Crippen LogP contribution >= 0.6 is 0 Å². The third-order valence-electron chi connectivity index (χ3n) is 3.10. The summed E-state index contributed by atoms with van der Waals surface area (Å²) < 4.78 is 10.5. The monoisotopic (exact) mass is 359 g/mol. The van der Waals surface area contributed by atoms with E-state index in [2.05, 4.69) is 10.5 Å². The van der Waals surface area contributed by atoms with Gasteiger partial charge >= 0.3 is 0 Å². The van der Waals surface area contributed by atoms with Crippen molar-refractivity contribution in [3.8, 4) is 17.2 Å². The van der Waals surface area contributed by atoms with E-state index in [4.69, 9.17) is 9.47 Å². The number of carbonyl (C=O) groups is 1. The normalized spacial score (nSPS) is 10.5. The number of non-ortho nitro benzene ring substituents is 1. The zero-order valence-corrected chi connectivity index (χ0v) is 13.9. The van der Waals surface area contributed by atoms with Gasteiger partial charge in [0.2, 0.25) is 0 Å². The quantitative estimate of drug-likeness (QED) is 0.423. The van der Waals surface area contributed by atoms with Crippen molar-refractivity contribution in [3.63, 3.8) is 0 Å². The maximum atomic E-state index is 11.7. The van der Waals surface area contributed by atoms with Crippen molar-refractivity contribution in [1.29, 1.82) is 0 Å². The molecular weight excluding hydrogens is 342 g/mol. The van der Waals surface area contributed by atoms with Crippen LogP contribution in [0.15, 0.2) is 47.6 Å². The molecule has 2 N–H and O–H groups in total. The Bertz CT molecular complexity index is 822. The van der Waals surface area contributed by atoms with E-state index in [-0.39, 0.29) is 23.8 Å². The maximum Gasteiger partial charge on any atom is 0.277 e. The Balaban J connectivity index is 1.89. The summed E-state index contributed by atoms with van der Waals surface area (Å²) in [7, 11) is 0. The Morgan fingerprint density at radius 2 is 2.04 bits per heavy atom. The number of nitrogens with one attached hydrogen (secondary N) is 1. The molecule has 0 saturated carbocycles. The lowest BCUT2D eigenvalue weighted by atomic mass is 10.2. The first-order valence-electron chi connectivity index (χ1n) is 7.64. The second kappa shape index (κ2) is 9.02. The lowest BCUT2D eigenvalue weighted by Crippen LogP contribution is -2.24.